The van der Waals surface area contributed by atoms with Crippen molar-refractivity contribution >= 4 is 22.9 Å². The first-order valence-electron chi connectivity index (χ1n) is 12.7. The molecule has 1 aliphatic rings. The molecule has 190 valence electrons. The number of likely N-dealkylation sites (tertiary alicyclic amines) is 1. The van der Waals surface area contributed by atoms with Gasteiger partial charge in [-0.1, -0.05) is 18.0 Å². The molecule has 1 saturated heterocycles. The van der Waals surface area contributed by atoms with E-state index in [-0.39, 0.29) is 0 Å². The fourth-order valence-corrected chi connectivity index (χ4v) is 5.48. The second-order valence-corrected chi connectivity index (χ2v) is 10.1. The smallest absolute Gasteiger partial charge is 0.165 e. The van der Waals surface area contributed by atoms with Crippen molar-refractivity contribution in [2.24, 2.45) is 7.05 Å². The number of fused-ring (bicyclic) bond motifs is 1. The molecule has 0 unspecified atom stereocenters. The molecule has 5 rings (SSSR count). The Morgan fingerprint density at radius 2 is 2.06 bits per heavy atom. The molecule has 8 nitrogen and oxygen atoms in total. The van der Waals surface area contributed by atoms with Gasteiger partial charge in [0.1, 0.15) is 23.3 Å². The predicted octanol–water partition coefficient (Wildman–Crippen LogP) is 4.93. The van der Waals surface area contributed by atoms with E-state index in [1.54, 1.807) is 4.52 Å². The Bertz CT molecular complexity index is 1310. The van der Waals surface area contributed by atoms with Gasteiger partial charge in [0.2, 0.25) is 0 Å². The molecule has 1 aliphatic heterocycles. The van der Waals surface area contributed by atoms with Gasteiger partial charge in [0.05, 0.1) is 11.7 Å². The molecule has 0 bridgehead atoms. The molecule has 2 N–H and O–H groups in total. The Labute approximate surface area is 217 Å². The number of anilines is 1. The standard InChI is InChI=1S/C27H34ClN7O/c1-19-13-21(31-25(28)14-19)7-4-3-5-10-34-11-6-8-22(34)18-36-24-17-30-33(2)27(24)20-9-12-35-23(15-20)16-26(29)32-35/h9,12-17,22H,3-8,10-11,18H2,1-2H3,(H2,29,32)/t22-/m1/s1. The molecule has 0 aromatic carbocycles. The first-order chi connectivity index (χ1) is 17.5. The number of aryl methyl sites for hydroxylation is 3. The molecular weight excluding hydrogens is 474 g/mol. The summed E-state index contributed by atoms with van der Waals surface area (Å²) < 4.78 is 10.00. The van der Waals surface area contributed by atoms with Crippen LogP contribution < -0.4 is 10.5 Å². The number of nitrogens with two attached hydrogens (primary N) is 1. The number of aromatic nitrogens is 5. The van der Waals surface area contributed by atoms with E-state index in [0.717, 1.165) is 54.1 Å². The van der Waals surface area contributed by atoms with Crippen LogP contribution in [0, 0.1) is 6.92 Å². The van der Waals surface area contributed by atoms with Crippen LogP contribution in [0.15, 0.2) is 42.7 Å². The van der Waals surface area contributed by atoms with Crippen molar-refractivity contribution in [3.63, 3.8) is 0 Å². The largest absolute Gasteiger partial charge is 0.488 e. The minimum absolute atomic E-state index is 0.437. The molecule has 36 heavy (non-hydrogen) atoms. The van der Waals surface area contributed by atoms with Gasteiger partial charge in [0.15, 0.2) is 5.75 Å². The molecular formula is C27H34ClN7O. The van der Waals surface area contributed by atoms with Gasteiger partial charge in [-0.25, -0.2) is 9.50 Å². The van der Waals surface area contributed by atoms with Crippen LogP contribution in [0.5, 0.6) is 5.75 Å². The third kappa shape index (κ3) is 5.65. The summed E-state index contributed by atoms with van der Waals surface area (Å²) in [6.45, 7) is 4.99. The maximum absolute atomic E-state index is 6.36. The van der Waals surface area contributed by atoms with E-state index in [4.69, 9.17) is 22.1 Å². The van der Waals surface area contributed by atoms with Crippen LogP contribution in [-0.2, 0) is 13.5 Å². The molecule has 0 radical (unpaired) electrons. The van der Waals surface area contributed by atoms with Crippen LogP contribution in [0.4, 0.5) is 5.82 Å². The number of pyridine rings is 2. The fraction of sp³-hybridized carbons (Fsp3) is 0.444. The average molecular weight is 508 g/mol. The molecule has 4 aromatic rings. The lowest BCUT2D eigenvalue weighted by atomic mass is 10.1. The molecule has 0 amide bonds. The second-order valence-electron chi connectivity index (χ2n) is 9.75. The first-order valence-corrected chi connectivity index (χ1v) is 13.1. The fourth-order valence-electron chi connectivity index (χ4n) is 5.20. The highest BCUT2D eigenvalue weighted by molar-refractivity contribution is 6.29. The van der Waals surface area contributed by atoms with Crippen LogP contribution in [0.1, 0.15) is 43.4 Å². The van der Waals surface area contributed by atoms with E-state index in [0.29, 0.717) is 23.6 Å². The van der Waals surface area contributed by atoms with Crippen molar-refractivity contribution < 1.29 is 4.74 Å². The Hall–Kier alpha value is -3.10. The van der Waals surface area contributed by atoms with Gasteiger partial charge in [0, 0.05) is 36.6 Å². The van der Waals surface area contributed by atoms with E-state index in [1.807, 2.05) is 42.3 Å². The molecule has 0 spiro atoms. The van der Waals surface area contributed by atoms with Gasteiger partial charge >= 0.3 is 0 Å². The van der Waals surface area contributed by atoms with Crippen molar-refractivity contribution in [2.45, 2.75) is 51.5 Å². The number of hydrogen-bond donors (Lipinski definition) is 1. The minimum Gasteiger partial charge on any atom is -0.488 e. The highest BCUT2D eigenvalue weighted by atomic mass is 35.5. The predicted molar refractivity (Wildman–Crippen MR) is 143 cm³/mol. The summed E-state index contributed by atoms with van der Waals surface area (Å²) in [5, 5.41) is 9.32. The Kier molecular flexibility index (Phi) is 7.43. The van der Waals surface area contributed by atoms with E-state index < -0.39 is 0 Å². The van der Waals surface area contributed by atoms with Crippen molar-refractivity contribution in [3.8, 4) is 17.0 Å². The summed E-state index contributed by atoms with van der Waals surface area (Å²) in [5.41, 5.74) is 11.1. The van der Waals surface area contributed by atoms with Crippen molar-refractivity contribution in [2.75, 3.05) is 25.4 Å². The number of halogens is 1. The molecule has 9 heteroatoms. The van der Waals surface area contributed by atoms with Gasteiger partial charge in [-0.15, -0.1) is 0 Å². The molecule has 4 aromatic heterocycles. The van der Waals surface area contributed by atoms with E-state index in [9.17, 15) is 0 Å². The Morgan fingerprint density at radius 1 is 1.17 bits per heavy atom. The number of ether oxygens (including phenoxy) is 1. The number of hydrogen-bond acceptors (Lipinski definition) is 6. The number of rotatable bonds is 10. The lowest BCUT2D eigenvalue weighted by molar-refractivity contribution is 0.171. The highest BCUT2D eigenvalue weighted by Crippen LogP contribution is 2.31. The van der Waals surface area contributed by atoms with Gasteiger partial charge in [-0.3, -0.25) is 9.58 Å². The monoisotopic (exact) mass is 507 g/mol. The highest BCUT2D eigenvalue weighted by Gasteiger charge is 2.25. The minimum atomic E-state index is 0.437. The van der Waals surface area contributed by atoms with Gasteiger partial charge < -0.3 is 10.5 Å². The Balaban J connectivity index is 1.14. The molecule has 0 saturated carbocycles. The summed E-state index contributed by atoms with van der Waals surface area (Å²) in [7, 11) is 1.94. The summed E-state index contributed by atoms with van der Waals surface area (Å²) in [4.78, 5) is 7.03. The SMILES string of the molecule is Cc1cc(Cl)nc(CCCCCN2CCC[C@@H]2COc2cnn(C)c2-c2ccn3nc(N)cc3c2)c1. The number of unbranched alkanes of at least 4 members (excludes halogenated alkanes) is 2. The van der Waals surface area contributed by atoms with E-state index in [1.165, 1.54) is 31.2 Å². The first kappa shape index (κ1) is 24.6. The molecule has 1 fully saturated rings. The summed E-state index contributed by atoms with van der Waals surface area (Å²) >= 11 is 6.09. The third-order valence-corrected chi connectivity index (χ3v) is 7.15. The van der Waals surface area contributed by atoms with E-state index >= 15 is 0 Å². The zero-order valence-corrected chi connectivity index (χ0v) is 21.8. The lowest BCUT2D eigenvalue weighted by Gasteiger charge is -2.24. The van der Waals surface area contributed by atoms with Crippen LogP contribution >= 0.6 is 11.6 Å². The van der Waals surface area contributed by atoms with Crippen molar-refractivity contribution in [3.05, 3.63) is 59.1 Å². The van der Waals surface area contributed by atoms with Gasteiger partial charge in [0.25, 0.3) is 0 Å². The van der Waals surface area contributed by atoms with Crippen LogP contribution in [-0.4, -0.2) is 55.0 Å². The van der Waals surface area contributed by atoms with Crippen LogP contribution in [0.25, 0.3) is 16.8 Å². The van der Waals surface area contributed by atoms with E-state index in [2.05, 4.69) is 39.1 Å². The maximum Gasteiger partial charge on any atom is 0.165 e. The van der Waals surface area contributed by atoms with Gasteiger partial charge in [-0.05, 0) is 81.9 Å². The molecule has 1 atom stereocenters. The molecule has 5 heterocycles. The topological polar surface area (TPSA) is 86.5 Å². The summed E-state index contributed by atoms with van der Waals surface area (Å²) in [5.74, 6) is 1.32. The van der Waals surface area contributed by atoms with Crippen LogP contribution in [0.3, 0.4) is 0 Å². The molecule has 0 aliphatic carbocycles. The normalized spacial score (nSPS) is 16.2. The third-order valence-electron chi connectivity index (χ3n) is 6.96. The van der Waals surface area contributed by atoms with Crippen LogP contribution in [0.2, 0.25) is 5.15 Å². The van der Waals surface area contributed by atoms with Crippen molar-refractivity contribution in [1.82, 2.24) is 29.3 Å². The zero-order valence-electron chi connectivity index (χ0n) is 21.0. The second kappa shape index (κ2) is 10.9. The quantitative estimate of drug-likeness (QED) is 0.242. The Morgan fingerprint density at radius 3 is 2.92 bits per heavy atom. The number of nitrogen functional groups attached to an aromatic ring is 1. The summed E-state index contributed by atoms with van der Waals surface area (Å²) in [6.07, 6.45) is 10.6. The van der Waals surface area contributed by atoms with Gasteiger partial charge in [-0.2, -0.15) is 10.2 Å². The van der Waals surface area contributed by atoms with Crippen molar-refractivity contribution in [1.29, 1.82) is 0 Å². The average Bonchev–Trinajstić information content (AvgIpc) is 3.53. The number of nitrogens with zero attached hydrogens (tertiary/aromatic N) is 6. The zero-order chi connectivity index (χ0) is 25.1. The maximum atomic E-state index is 6.36. The lowest BCUT2D eigenvalue weighted by Crippen LogP contribution is -2.35. The summed E-state index contributed by atoms with van der Waals surface area (Å²) in [6, 6.07) is 10.4.